The zero-order valence-electron chi connectivity index (χ0n) is 14.8. The molecule has 9 heteroatoms. The summed E-state index contributed by atoms with van der Waals surface area (Å²) in [4.78, 5) is 24.6. The SMILES string of the molecule is COc1ccc(OC)c2c1CN(C(=O)Nc1ccccc1[N+](=O)[O-])C[C@H]2O. The molecule has 2 N–H and O–H groups in total. The molecule has 3 rings (SSSR count). The zero-order chi connectivity index (χ0) is 19.6. The number of benzene rings is 2. The number of fused-ring (bicyclic) bond motifs is 1. The minimum Gasteiger partial charge on any atom is -0.496 e. The number of hydrogen-bond acceptors (Lipinski definition) is 6. The van der Waals surface area contributed by atoms with E-state index < -0.39 is 17.1 Å². The number of β-amino-alcohol motifs (C(OH)–C–C–N with tert-alkyl or cyclic N) is 1. The molecule has 1 aliphatic heterocycles. The first-order chi connectivity index (χ1) is 13.0. The maximum atomic E-state index is 12.7. The summed E-state index contributed by atoms with van der Waals surface area (Å²) in [6, 6.07) is 8.72. The van der Waals surface area contributed by atoms with Crippen molar-refractivity contribution < 1.29 is 24.3 Å². The van der Waals surface area contributed by atoms with Gasteiger partial charge in [-0.3, -0.25) is 10.1 Å². The van der Waals surface area contributed by atoms with Crippen LogP contribution in [0.5, 0.6) is 11.5 Å². The van der Waals surface area contributed by atoms with Crippen LogP contribution in [0.15, 0.2) is 36.4 Å². The van der Waals surface area contributed by atoms with Crippen molar-refractivity contribution in [2.45, 2.75) is 12.6 Å². The molecule has 0 bridgehead atoms. The number of aliphatic hydroxyl groups excluding tert-OH is 1. The van der Waals surface area contributed by atoms with Gasteiger partial charge in [0.1, 0.15) is 23.3 Å². The molecular weight excluding hydrogens is 354 g/mol. The number of hydrogen-bond donors (Lipinski definition) is 2. The van der Waals surface area contributed by atoms with Crippen LogP contribution in [-0.2, 0) is 6.54 Å². The molecule has 0 saturated carbocycles. The number of nitro benzene ring substituents is 1. The lowest BCUT2D eigenvalue weighted by Gasteiger charge is -2.33. The molecule has 0 unspecified atom stereocenters. The van der Waals surface area contributed by atoms with Crippen LogP contribution >= 0.6 is 0 Å². The first-order valence-corrected chi connectivity index (χ1v) is 8.17. The van der Waals surface area contributed by atoms with Gasteiger partial charge >= 0.3 is 6.03 Å². The number of urea groups is 1. The maximum Gasteiger partial charge on any atom is 0.322 e. The summed E-state index contributed by atoms with van der Waals surface area (Å²) in [5, 5.41) is 24.2. The van der Waals surface area contributed by atoms with E-state index >= 15 is 0 Å². The zero-order valence-corrected chi connectivity index (χ0v) is 14.8. The summed E-state index contributed by atoms with van der Waals surface area (Å²) in [5.74, 6) is 1.03. The molecule has 1 atom stereocenters. The van der Waals surface area contributed by atoms with E-state index in [-0.39, 0.29) is 24.5 Å². The Kier molecular flexibility index (Phi) is 5.13. The van der Waals surface area contributed by atoms with Crippen LogP contribution in [0.25, 0.3) is 0 Å². The van der Waals surface area contributed by atoms with E-state index in [4.69, 9.17) is 9.47 Å². The summed E-state index contributed by atoms with van der Waals surface area (Å²) in [6.07, 6.45) is -0.977. The molecular formula is C18H19N3O6. The van der Waals surface area contributed by atoms with E-state index in [1.807, 2.05) is 0 Å². The van der Waals surface area contributed by atoms with Crippen LogP contribution in [0.1, 0.15) is 17.2 Å². The van der Waals surface area contributed by atoms with Crippen LogP contribution in [0.3, 0.4) is 0 Å². The third-order valence-corrected chi connectivity index (χ3v) is 4.42. The molecule has 2 aromatic rings. The second-order valence-electron chi connectivity index (χ2n) is 5.96. The summed E-state index contributed by atoms with van der Waals surface area (Å²) in [6.45, 7) is 0.183. The third-order valence-electron chi connectivity index (χ3n) is 4.42. The largest absolute Gasteiger partial charge is 0.496 e. The van der Waals surface area contributed by atoms with Crippen LogP contribution in [-0.4, -0.2) is 41.7 Å². The maximum absolute atomic E-state index is 12.7. The van der Waals surface area contributed by atoms with Gasteiger partial charge in [0.05, 0.1) is 32.2 Å². The molecule has 142 valence electrons. The van der Waals surface area contributed by atoms with Gasteiger partial charge in [0.2, 0.25) is 0 Å². The Hall–Kier alpha value is -3.33. The Morgan fingerprint density at radius 2 is 1.89 bits per heavy atom. The molecule has 9 nitrogen and oxygen atoms in total. The topological polar surface area (TPSA) is 114 Å². The minimum atomic E-state index is -0.977. The Labute approximate surface area is 155 Å². The minimum absolute atomic E-state index is 0.0169. The number of anilines is 1. The molecule has 0 aliphatic carbocycles. The number of aliphatic hydroxyl groups is 1. The first-order valence-electron chi connectivity index (χ1n) is 8.17. The average Bonchev–Trinajstić information content (AvgIpc) is 2.67. The molecule has 1 aliphatic rings. The quantitative estimate of drug-likeness (QED) is 0.629. The summed E-state index contributed by atoms with van der Waals surface area (Å²) in [5.41, 5.74) is 1.09. The van der Waals surface area contributed by atoms with Gasteiger partial charge in [-0.25, -0.2) is 4.79 Å². The molecule has 1 heterocycles. The number of carbonyl (C=O) groups is 1. The number of nitrogens with zero attached hydrogens (tertiary/aromatic N) is 2. The van der Waals surface area contributed by atoms with Gasteiger partial charge in [-0.15, -0.1) is 0 Å². The van der Waals surface area contributed by atoms with Gasteiger partial charge < -0.3 is 24.8 Å². The summed E-state index contributed by atoms with van der Waals surface area (Å²) in [7, 11) is 3.00. The Balaban J connectivity index is 1.89. The van der Waals surface area contributed by atoms with Gasteiger partial charge in [0.25, 0.3) is 5.69 Å². The highest BCUT2D eigenvalue weighted by molar-refractivity contribution is 5.92. The molecule has 0 saturated heterocycles. The van der Waals surface area contributed by atoms with E-state index in [2.05, 4.69) is 5.32 Å². The van der Waals surface area contributed by atoms with Crippen molar-refractivity contribution in [2.75, 3.05) is 26.1 Å². The standard InChI is InChI=1S/C18H19N3O6/c1-26-15-7-8-16(27-2)17-11(15)9-20(10-14(17)22)18(23)19-12-5-3-4-6-13(12)21(24)25/h3-8,14,22H,9-10H2,1-2H3,(H,19,23)/t14-/m1/s1. The third kappa shape index (κ3) is 3.49. The normalized spacial score (nSPS) is 15.7. The van der Waals surface area contributed by atoms with Crippen molar-refractivity contribution in [3.63, 3.8) is 0 Å². The number of methoxy groups -OCH3 is 2. The van der Waals surface area contributed by atoms with Gasteiger partial charge in [-0.1, -0.05) is 12.1 Å². The lowest BCUT2D eigenvalue weighted by atomic mass is 9.95. The van der Waals surface area contributed by atoms with E-state index in [1.54, 1.807) is 18.2 Å². The fraction of sp³-hybridized carbons (Fsp3) is 0.278. The van der Waals surface area contributed by atoms with Crippen LogP contribution in [0, 0.1) is 10.1 Å². The van der Waals surface area contributed by atoms with E-state index in [0.717, 1.165) is 0 Å². The predicted molar refractivity (Wildman–Crippen MR) is 97.0 cm³/mol. The number of nitro groups is 1. The van der Waals surface area contributed by atoms with E-state index in [0.29, 0.717) is 22.6 Å². The molecule has 0 aromatic heterocycles. The van der Waals surface area contributed by atoms with Crippen LogP contribution in [0.4, 0.5) is 16.2 Å². The second-order valence-corrected chi connectivity index (χ2v) is 5.96. The summed E-state index contributed by atoms with van der Waals surface area (Å²) < 4.78 is 10.6. The Bertz CT molecular complexity index is 885. The van der Waals surface area contributed by atoms with Crippen molar-refractivity contribution in [1.29, 1.82) is 0 Å². The molecule has 0 fully saturated rings. The number of rotatable bonds is 4. The molecule has 27 heavy (non-hydrogen) atoms. The molecule has 0 spiro atoms. The summed E-state index contributed by atoms with van der Waals surface area (Å²) >= 11 is 0. The van der Waals surface area contributed by atoms with Crippen molar-refractivity contribution >= 4 is 17.4 Å². The Morgan fingerprint density at radius 1 is 1.22 bits per heavy atom. The monoisotopic (exact) mass is 373 g/mol. The fourth-order valence-electron chi connectivity index (χ4n) is 3.16. The first kappa shape index (κ1) is 18.5. The highest BCUT2D eigenvalue weighted by atomic mass is 16.6. The van der Waals surface area contributed by atoms with Crippen molar-refractivity contribution in [3.8, 4) is 11.5 Å². The number of nitrogens with one attached hydrogen (secondary N) is 1. The van der Waals surface area contributed by atoms with Gasteiger partial charge in [-0.2, -0.15) is 0 Å². The molecule has 0 radical (unpaired) electrons. The number of carbonyl (C=O) groups excluding carboxylic acids is 1. The van der Waals surface area contributed by atoms with Crippen LogP contribution in [0.2, 0.25) is 0 Å². The average molecular weight is 373 g/mol. The lowest BCUT2D eigenvalue weighted by molar-refractivity contribution is -0.383. The van der Waals surface area contributed by atoms with Crippen LogP contribution < -0.4 is 14.8 Å². The molecule has 2 amide bonds. The smallest absolute Gasteiger partial charge is 0.322 e. The van der Waals surface area contributed by atoms with Crippen molar-refractivity contribution in [1.82, 2.24) is 4.90 Å². The van der Waals surface area contributed by atoms with Gasteiger partial charge in [0.15, 0.2) is 0 Å². The lowest BCUT2D eigenvalue weighted by Crippen LogP contribution is -2.41. The van der Waals surface area contributed by atoms with Gasteiger partial charge in [-0.05, 0) is 18.2 Å². The fourth-order valence-corrected chi connectivity index (χ4v) is 3.16. The highest BCUT2D eigenvalue weighted by Crippen LogP contribution is 2.39. The van der Waals surface area contributed by atoms with Crippen molar-refractivity contribution in [3.05, 3.63) is 57.6 Å². The van der Waals surface area contributed by atoms with E-state index in [1.165, 1.54) is 37.3 Å². The molecule has 2 aromatic carbocycles. The highest BCUT2D eigenvalue weighted by Gasteiger charge is 2.32. The Morgan fingerprint density at radius 3 is 2.56 bits per heavy atom. The van der Waals surface area contributed by atoms with E-state index in [9.17, 15) is 20.0 Å². The number of ether oxygens (including phenoxy) is 2. The second kappa shape index (κ2) is 7.50. The number of amides is 2. The predicted octanol–water partition coefficient (Wildman–Crippen LogP) is 2.69. The van der Waals surface area contributed by atoms with Gasteiger partial charge in [0, 0.05) is 17.2 Å². The number of para-hydroxylation sites is 2. The van der Waals surface area contributed by atoms with Crippen molar-refractivity contribution in [2.24, 2.45) is 0 Å².